The molecule has 1 amide bonds. The van der Waals surface area contributed by atoms with Crippen LogP contribution in [0.25, 0.3) is 0 Å². The molecule has 0 aliphatic heterocycles. The summed E-state index contributed by atoms with van der Waals surface area (Å²) in [7, 11) is 0. The van der Waals surface area contributed by atoms with Crippen LogP contribution in [-0.2, 0) is 4.79 Å². The number of amides is 1. The monoisotopic (exact) mass is 363 g/mol. The topological polar surface area (TPSA) is 38.3 Å². The zero-order valence-electron chi connectivity index (χ0n) is 14.1. The number of thioether (sulfide) groups is 1. The molecule has 2 aromatic rings. The van der Waals surface area contributed by atoms with Gasteiger partial charge in [0.05, 0.1) is 11.8 Å². The number of aryl methyl sites for hydroxylation is 2. The van der Waals surface area contributed by atoms with Crippen LogP contribution in [0.2, 0.25) is 5.02 Å². The number of benzene rings is 2. The summed E-state index contributed by atoms with van der Waals surface area (Å²) in [5.74, 6) is 0.868. The molecule has 0 bridgehead atoms. The molecule has 0 heterocycles. The lowest BCUT2D eigenvalue weighted by atomic mass is 10.1. The molecule has 0 fully saturated rings. The van der Waals surface area contributed by atoms with E-state index in [9.17, 15) is 4.79 Å². The van der Waals surface area contributed by atoms with Crippen molar-refractivity contribution in [3.63, 3.8) is 0 Å². The molecule has 0 saturated heterocycles. The van der Waals surface area contributed by atoms with Crippen LogP contribution >= 0.6 is 23.4 Å². The second-order valence-electron chi connectivity index (χ2n) is 5.62. The number of nitrogens with one attached hydrogen (secondary N) is 1. The average molecular weight is 364 g/mol. The minimum absolute atomic E-state index is 0.000450. The maximum Gasteiger partial charge on any atom is 0.233 e. The van der Waals surface area contributed by atoms with Gasteiger partial charge in [0.2, 0.25) is 5.91 Å². The molecule has 0 spiro atoms. The third-order valence-electron chi connectivity index (χ3n) is 3.50. The summed E-state index contributed by atoms with van der Waals surface area (Å²) >= 11 is 7.37. The van der Waals surface area contributed by atoms with E-state index in [-0.39, 0.29) is 11.2 Å². The summed E-state index contributed by atoms with van der Waals surface area (Å²) in [4.78, 5) is 13.2. The van der Waals surface area contributed by atoms with Gasteiger partial charge in [-0.15, -0.1) is 11.8 Å². The largest absolute Gasteiger partial charge is 0.491 e. The van der Waals surface area contributed by atoms with Gasteiger partial charge in [0.25, 0.3) is 0 Å². The van der Waals surface area contributed by atoms with Crippen molar-refractivity contribution in [2.75, 3.05) is 13.2 Å². The number of carbonyl (C=O) groups is 1. The zero-order valence-corrected chi connectivity index (χ0v) is 15.7. The fraction of sp³-hybridized carbons (Fsp3) is 0.316. The molecule has 0 aromatic heterocycles. The molecule has 2 rings (SSSR count). The molecule has 1 N–H and O–H groups in total. The molecule has 128 valence electrons. The number of hydrogen-bond donors (Lipinski definition) is 1. The Balaban J connectivity index is 1.74. The molecule has 0 radical (unpaired) electrons. The van der Waals surface area contributed by atoms with Crippen LogP contribution in [0, 0.1) is 13.8 Å². The van der Waals surface area contributed by atoms with Crippen molar-refractivity contribution in [1.29, 1.82) is 0 Å². The first-order chi connectivity index (χ1) is 11.5. The first-order valence-corrected chi connectivity index (χ1v) is 9.11. The van der Waals surface area contributed by atoms with Gasteiger partial charge < -0.3 is 10.1 Å². The number of rotatable bonds is 7. The quantitative estimate of drug-likeness (QED) is 0.575. The summed E-state index contributed by atoms with van der Waals surface area (Å²) in [6.45, 7) is 6.87. The highest BCUT2D eigenvalue weighted by molar-refractivity contribution is 8.00. The Kier molecular flexibility index (Phi) is 7.00. The second-order valence-corrected chi connectivity index (χ2v) is 7.47. The van der Waals surface area contributed by atoms with E-state index in [1.807, 2.05) is 57.2 Å². The van der Waals surface area contributed by atoms with Gasteiger partial charge in [0.1, 0.15) is 12.4 Å². The Morgan fingerprint density at radius 1 is 1.21 bits per heavy atom. The zero-order chi connectivity index (χ0) is 17.5. The maximum absolute atomic E-state index is 12.1. The van der Waals surface area contributed by atoms with Gasteiger partial charge in [-0.1, -0.05) is 23.7 Å². The van der Waals surface area contributed by atoms with E-state index in [2.05, 4.69) is 11.4 Å². The Morgan fingerprint density at radius 2 is 1.92 bits per heavy atom. The van der Waals surface area contributed by atoms with Crippen LogP contribution in [0.1, 0.15) is 18.1 Å². The van der Waals surface area contributed by atoms with Crippen LogP contribution in [-0.4, -0.2) is 24.3 Å². The molecular weight excluding hydrogens is 342 g/mol. The number of halogens is 1. The van der Waals surface area contributed by atoms with Gasteiger partial charge in [0, 0.05) is 9.92 Å². The van der Waals surface area contributed by atoms with Crippen LogP contribution in [0.5, 0.6) is 5.75 Å². The molecule has 5 heteroatoms. The molecule has 0 aliphatic rings. The molecule has 0 saturated carbocycles. The van der Waals surface area contributed by atoms with Crippen molar-refractivity contribution in [3.05, 3.63) is 58.6 Å². The van der Waals surface area contributed by atoms with Gasteiger partial charge in [0.15, 0.2) is 0 Å². The normalized spacial score (nSPS) is 11.8. The first kappa shape index (κ1) is 18.7. The van der Waals surface area contributed by atoms with Gasteiger partial charge in [-0.2, -0.15) is 0 Å². The molecule has 2 aromatic carbocycles. The summed E-state index contributed by atoms with van der Waals surface area (Å²) in [5.41, 5.74) is 2.26. The minimum Gasteiger partial charge on any atom is -0.491 e. The number of carbonyl (C=O) groups excluding carboxylic acids is 1. The van der Waals surface area contributed by atoms with E-state index >= 15 is 0 Å². The van der Waals surface area contributed by atoms with Gasteiger partial charge in [-0.3, -0.25) is 4.79 Å². The lowest BCUT2D eigenvalue weighted by Gasteiger charge is -2.13. The lowest BCUT2D eigenvalue weighted by molar-refractivity contribution is -0.120. The van der Waals surface area contributed by atoms with Crippen LogP contribution < -0.4 is 10.1 Å². The fourth-order valence-electron chi connectivity index (χ4n) is 2.11. The van der Waals surface area contributed by atoms with Crippen molar-refractivity contribution in [2.45, 2.75) is 30.9 Å². The van der Waals surface area contributed by atoms with E-state index < -0.39 is 0 Å². The van der Waals surface area contributed by atoms with Crippen molar-refractivity contribution in [2.24, 2.45) is 0 Å². The highest BCUT2D eigenvalue weighted by atomic mass is 35.5. The molecule has 3 nitrogen and oxygen atoms in total. The summed E-state index contributed by atoms with van der Waals surface area (Å²) in [6, 6.07) is 13.6. The smallest absolute Gasteiger partial charge is 0.233 e. The third kappa shape index (κ3) is 5.77. The summed E-state index contributed by atoms with van der Waals surface area (Å²) in [6.07, 6.45) is 0. The Morgan fingerprint density at radius 3 is 2.62 bits per heavy atom. The SMILES string of the molecule is Cc1ccc(C)c(OCCNC(=O)C(C)Sc2ccc(Cl)cc2)c1. The van der Waals surface area contributed by atoms with Crippen molar-refractivity contribution in [3.8, 4) is 5.75 Å². The predicted octanol–water partition coefficient (Wildman–Crippen LogP) is 4.63. The highest BCUT2D eigenvalue weighted by Gasteiger charge is 2.13. The Labute approximate surface area is 152 Å². The predicted molar refractivity (Wildman–Crippen MR) is 101 cm³/mol. The summed E-state index contributed by atoms with van der Waals surface area (Å²) in [5, 5.41) is 3.43. The van der Waals surface area contributed by atoms with Crippen molar-refractivity contribution < 1.29 is 9.53 Å². The van der Waals surface area contributed by atoms with Crippen LogP contribution in [0.4, 0.5) is 0 Å². The molecule has 1 unspecified atom stereocenters. The van der Waals surface area contributed by atoms with Crippen LogP contribution in [0.15, 0.2) is 47.4 Å². The van der Waals surface area contributed by atoms with E-state index in [4.69, 9.17) is 16.3 Å². The average Bonchev–Trinajstić information content (AvgIpc) is 2.56. The second kappa shape index (κ2) is 9.00. The molecule has 1 atom stereocenters. The maximum atomic E-state index is 12.1. The van der Waals surface area contributed by atoms with E-state index in [1.54, 1.807) is 0 Å². The summed E-state index contributed by atoms with van der Waals surface area (Å²) < 4.78 is 5.74. The van der Waals surface area contributed by atoms with E-state index in [0.29, 0.717) is 18.2 Å². The first-order valence-electron chi connectivity index (χ1n) is 7.85. The van der Waals surface area contributed by atoms with Crippen molar-refractivity contribution in [1.82, 2.24) is 5.32 Å². The van der Waals surface area contributed by atoms with Crippen molar-refractivity contribution >= 4 is 29.3 Å². The number of hydrogen-bond acceptors (Lipinski definition) is 3. The highest BCUT2D eigenvalue weighted by Crippen LogP contribution is 2.24. The third-order valence-corrected chi connectivity index (χ3v) is 4.86. The van der Waals surface area contributed by atoms with Gasteiger partial charge >= 0.3 is 0 Å². The number of ether oxygens (including phenoxy) is 1. The van der Waals surface area contributed by atoms with Gasteiger partial charge in [-0.25, -0.2) is 0 Å². The molecular formula is C19H22ClNO2S. The lowest BCUT2D eigenvalue weighted by Crippen LogP contribution is -2.34. The molecule has 0 aliphatic carbocycles. The minimum atomic E-state index is -0.174. The fourth-order valence-corrected chi connectivity index (χ4v) is 3.13. The van der Waals surface area contributed by atoms with Crippen LogP contribution in [0.3, 0.4) is 0 Å². The molecule has 24 heavy (non-hydrogen) atoms. The Bertz CT molecular complexity index is 688. The Hall–Kier alpha value is -1.65. The van der Waals surface area contributed by atoms with E-state index in [1.165, 1.54) is 11.8 Å². The van der Waals surface area contributed by atoms with Gasteiger partial charge in [-0.05, 0) is 62.2 Å². The standard InChI is InChI=1S/C19H22ClNO2S/c1-13-4-5-14(2)18(12-13)23-11-10-21-19(22)15(3)24-17-8-6-16(20)7-9-17/h4-9,12,15H,10-11H2,1-3H3,(H,21,22). The van der Waals surface area contributed by atoms with E-state index in [0.717, 1.165) is 21.8 Å².